The predicted molar refractivity (Wildman–Crippen MR) is 104 cm³/mol. The lowest BCUT2D eigenvalue weighted by Gasteiger charge is -2.27. The molecule has 2 fully saturated rings. The largest absolute Gasteiger partial charge is 0.360 e. The van der Waals surface area contributed by atoms with E-state index < -0.39 is 17.4 Å². The van der Waals surface area contributed by atoms with Crippen LogP contribution in [0.15, 0.2) is 41.2 Å². The summed E-state index contributed by atoms with van der Waals surface area (Å²) in [6.07, 6.45) is 7.75. The summed E-state index contributed by atoms with van der Waals surface area (Å²) < 4.78 is 11.2. The van der Waals surface area contributed by atoms with Crippen LogP contribution in [0, 0.1) is 18.8 Å². The van der Waals surface area contributed by atoms with E-state index in [4.69, 9.17) is 9.26 Å². The summed E-state index contributed by atoms with van der Waals surface area (Å²) in [5, 5.41) is 3.85. The van der Waals surface area contributed by atoms with Crippen molar-refractivity contribution in [3.63, 3.8) is 0 Å². The monoisotopic (exact) mass is 409 g/mol. The van der Waals surface area contributed by atoms with Gasteiger partial charge in [0.25, 0.3) is 0 Å². The number of ether oxygens (including phenoxy) is 1. The SMILES string of the molecule is Cc1nc(CN(C)C(=O)[C@@H]2[C@@H]3C=C[C@@]4(CN(CCc5ccncc5)C(=O)[C@H]24)O3)no1. The maximum atomic E-state index is 13.3. The fourth-order valence-corrected chi connectivity index (χ4v) is 4.81. The Kier molecular flexibility index (Phi) is 4.43. The number of rotatable bonds is 6. The molecule has 30 heavy (non-hydrogen) atoms. The molecule has 9 nitrogen and oxygen atoms in total. The zero-order valence-corrected chi connectivity index (χ0v) is 16.9. The van der Waals surface area contributed by atoms with Gasteiger partial charge in [0.15, 0.2) is 5.82 Å². The molecule has 2 bridgehead atoms. The topological polar surface area (TPSA) is 102 Å². The summed E-state index contributed by atoms with van der Waals surface area (Å²) in [5.74, 6) is -0.291. The first-order valence-corrected chi connectivity index (χ1v) is 10.1. The van der Waals surface area contributed by atoms with Crippen molar-refractivity contribution >= 4 is 11.8 Å². The Morgan fingerprint density at radius 2 is 2.17 bits per heavy atom. The summed E-state index contributed by atoms with van der Waals surface area (Å²) in [5.41, 5.74) is 0.417. The van der Waals surface area contributed by atoms with Crippen LogP contribution in [-0.2, 0) is 27.3 Å². The molecule has 5 heterocycles. The van der Waals surface area contributed by atoms with Gasteiger partial charge in [-0.3, -0.25) is 14.6 Å². The minimum absolute atomic E-state index is 0.0157. The Hall–Kier alpha value is -3.07. The van der Waals surface area contributed by atoms with E-state index in [-0.39, 0.29) is 24.5 Å². The Labute approximate surface area is 173 Å². The lowest BCUT2D eigenvalue weighted by Crippen LogP contribution is -2.44. The van der Waals surface area contributed by atoms with Gasteiger partial charge < -0.3 is 19.1 Å². The third-order valence-corrected chi connectivity index (χ3v) is 6.21. The minimum Gasteiger partial charge on any atom is -0.360 e. The summed E-state index contributed by atoms with van der Waals surface area (Å²) in [6, 6.07) is 3.89. The summed E-state index contributed by atoms with van der Waals surface area (Å²) in [4.78, 5) is 38.1. The highest BCUT2D eigenvalue weighted by Gasteiger charge is 2.66. The van der Waals surface area contributed by atoms with Crippen molar-refractivity contribution in [3.05, 3.63) is 54.0 Å². The average molecular weight is 409 g/mol. The first-order chi connectivity index (χ1) is 14.5. The Balaban J connectivity index is 1.31. The van der Waals surface area contributed by atoms with Gasteiger partial charge in [0.2, 0.25) is 17.7 Å². The molecule has 9 heteroatoms. The predicted octanol–water partition coefficient (Wildman–Crippen LogP) is 0.756. The summed E-state index contributed by atoms with van der Waals surface area (Å²) >= 11 is 0. The number of carbonyl (C=O) groups excluding carboxylic acids is 2. The van der Waals surface area contributed by atoms with Gasteiger partial charge in [-0.1, -0.05) is 17.3 Å². The van der Waals surface area contributed by atoms with E-state index in [0.29, 0.717) is 24.8 Å². The molecule has 0 radical (unpaired) electrons. The van der Waals surface area contributed by atoms with Gasteiger partial charge in [0.1, 0.15) is 5.60 Å². The van der Waals surface area contributed by atoms with Crippen molar-refractivity contribution in [1.29, 1.82) is 0 Å². The van der Waals surface area contributed by atoms with E-state index in [1.54, 1.807) is 31.3 Å². The molecule has 2 saturated heterocycles. The quantitative estimate of drug-likeness (QED) is 0.649. The molecule has 2 aromatic rings. The third kappa shape index (κ3) is 3.00. The molecule has 4 atom stereocenters. The number of hydrogen-bond acceptors (Lipinski definition) is 7. The number of aryl methyl sites for hydroxylation is 1. The number of aromatic nitrogens is 3. The molecule has 0 aromatic carbocycles. The summed E-state index contributed by atoms with van der Waals surface area (Å²) in [7, 11) is 1.69. The lowest BCUT2D eigenvalue weighted by molar-refractivity contribution is -0.142. The molecule has 0 saturated carbocycles. The molecule has 2 amide bonds. The van der Waals surface area contributed by atoms with E-state index in [1.807, 2.05) is 29.2 Å². The van der Waals surface area contributed by atoms with Crippen LogP contribution < -0.4 is 0 Å². The fraction of sp³-hybridized carbons (Fsp3) is 0.476. The lowest BCUT2D eigenvalue weighted by atomic mass is 9.76. The van der Waals surface area contributed by atoms with Crippen LogP contribution in [0.25, 0.3) is 0 Å². The van der Waals surface area contributed by atoms with E-state index in [9.17, 15) is 9.59 Å². The minimum atomic E-state index is -0.704. The van der Waals surface area contributed by atoms with Crippen molar-refractivity contribution in [3.8, 4) is 0 Å². The molecule has 3 aliphatic heterocycles. The van der Waals surface area contributed by atoms with E-state index in [1.165, 1.54) is 0 Å². The second-order valence-corrected chi connectivity index (χ2v) is 8.19. The smallest absolute Gasteiger partial charge is 0.230 e. The van der Waals surface area contributed by atoms with Crippen molar-refractivity contribution < 1.29 is 18.8 Å². The molecular weight excluding hydrogens is 386 g/mol. The average Bonchev–Trinajstić information content (AvgIpc) is 3.48. The third-order valence-electron chi connectivity index (χ3n) is 6.21. The fourth-order valence-electron chi connectivity index (χ4n) is 4.81. The number of fused-ring (bicyclic) bond motifs is 1. The molecule has 0 unspecified atom stereocenters. The number of nitrogens with zero attached hydrogens (tertiary/aromatic N) is 5. The second kappa shape index (κ2) is 7.02. The molecule has 0 N–H and O–H groups in total. The second-order valence-electron chi connectivity index (χ2n) is 8.19. The molecular formula is C21H23N5O4. The highest BCUT2D eigenvalue weighted by molar-refractivity contribution is 5.93. The van der Waals surface area contributed by atoms with E-state index >= 15 is 0 Å². The number of carbonyl (C=O) groups is 2. The van der Waals surface area contributed by atoms with Gasteiger partial charge in [-0.15, -0.1) is 0 Å². The van der Waals surface area contributed by atoms with E-state index in [0.717, 1.165) is 12.0 Å². The molecule has 156 valence electrons. The Morgan fingerprint density at radius 3 is 2.90 bits per heavy atom. The number of likely N-dealkylation sites (tertiary alicyclic amines) is 1. The van der Waals surface area contributed by atoms with Crippen molar-refractivity contribution in [2.75, 3.05) is 20.1 Å². The van der Waals surface area contributed by atoms with Gasteiger partial charge >= 0.3 is 0 Å². The summed E-state index contributed by atoms with van der Waals surface area (Å²) in [6.45, 7) is 2.99. The van der Waals surface area contributed by atoms with Gasteiger partial charge in [0.05, 0.1) is 31.0 Å². The zero-order chi connectivity index (χ0) is 20.9. The highest BCUT2D eigenvalue weighted by atomic mass is 16.5. The van der Waals surface area contributed by atoms with Crippen LogP contribution in [0.4, 0.5) is 0 Å². The van der Waals surface area contributed by atoms with Crippen LogP contribution in [0.5, 0.6) is 0 Å². The van der Waals surface area contributed by atoms with Gasteiger partial charge in [0, 0.05) is 32.9 Å². The number of hydrogen-bond donors (Lipinski definition) is 0. The maximum absolute atomic E-state index is 13.3. The van der Waals surface area contributed by atoms with Crippen molar-refractivity contribution in [1.82, 2.24) is 24.9 Å². The molecule has 5 rings (SSSR count). The Morgan fingerprint density at radius 1 is 1.37 bits per heavy atom. The first-order valence-electron chi connectivity index (χ1n) is 10.1. The first kappa shape index (κ1) is 18.9. The van der Waals surface area contributed by atoms with Crippen molar-refractivity contribution in [2.45, 2.75) is 31.6 Å². The molecule has 1 spiro atoms. The number of pyridine rings is 1. The standard InChI is InChI=1S/C21H23N5O4/c1-13-23-16(24-30-13)11-25(2)19(27)17-15-3-7-21(29-15)12-26(20(28)18(17)21)10-6-14-4-8-22-9-5-14/h3-5,7-9,15,17-18H,6,10-12H2,1-2H3/t15-,17+,18-,21-/m0/s1. The van der Waals surface area contributed by atoms with Crippen LogP contribution in [-0.4, -0.2) is 68.6 Å². The molecule has 2 aromatic heterocycles. The van der Waals surface area contributed by atoms with Crippen LogP contribution in [0.3, 0.4) is 0 Å². The highest BCUT2D eigenvalue weighted by Crippen LogP contribution is 2.52. The van der Waals surface area contributed by atoms with Gasteiger partial charge in [-0.2, -0.15) is 4.98 Å². The van der Waals surface area contributed by atoms with Gasteiger partial charge in [-0.05, 0) is 24.1 Å². The molecule has 3 aliphatic rings. The Bertz CT molecular complexity index is 1010. The van der Waals surface area contributed by atoms with E-state index in [2.05, 4.69) is 15.1 Å². The van der Waals surface area contributed by atoms with Crippen molar-refractivity contribution in [2.24, 2.45) is 11.8 Å². The number of amides is 2. The molecule has 0 aliphatic carbocycles. The van der Waals surface area contributed by atoms with Crippen LogP contribution in [0.2, 0.25) is 0 Å². The van der Waals surface area contributed by atoms with Gasteiger partial charge in [-0.25, -0.2) is 0 Å². The van der Waals surface area contributed by atoms with Crippen LogP contribution >= 0.6 is 0 Å². The maximum Gasteiger partial charge on any atom is 0.230 e. The normalized spacial score (nSPS) is 28.9. The van der Waals surface area contributed by atoms with Crippen LogP contribution in [0.1, 0.15) is 17.3 Å². The zero-order valence-electron chi connectivity index (χ0n) is 16.9.